The van der Waals surface area contributed by atoms with E-state index in [1.165, 1.54) is 0 Å². The van der Waals surface area contributed by atoms with Crippen molar-refractivity contribution < 1.29 is 0 Å². The summed E-state index contributed by atoms with van der Waals surface area (Å²) in [5.41, 5.74) is 1.74. The van der Waals surface area contributed by atoms with Crippen LogP contribution in [0.25, 0.3) is 0 Å². The van der Waals surface area contributed by atoms with Crippen LogP contribution in [0.5, 0.6) is 0 Å². The molecule has 0 aliphatic rings. The summed E-state index contributed by atoms with van der Waals surface area (Å²) in [6.07, 6.45) is 0. The lowest BCUT2D eigenvalue weighted by Crippen LogP contribution is -2.30. The molecule has 0 saturated heterocycles. The predicted molar refractivity (Wildman–Crippen MR) is 63.4 cm³/mol. The van der Waals surface area contributed by atoms with Gasteiger partial charge >= 0.3 is 0 Å². The zero-order chi connectivity index (χ0) is 12.3. The molecule has 1 aromatic rings. The number of pyridine rings is 1. The van der Waals surface area contributed by atoms with E-state index in [-0.39, 0.29) is 11.1 Å². The maximum absolute atomic E-state index is 12.0. The van der Waals surface area contributed by atoms with Crippen LogP contribution in [-0.2, 0) is 6.54 Å². The Balaban J connectivity index is 3.20. The summed E-state index contributed by atoms with van der Waals surface area (Å²) >= 11 is 0. The highest BCUT2D eigenvalue weighted by molar-refractivity contribution is 5.36. The maximum atomic E-state index is 12.0. The standard InChI is InChI=1S/C12H17N3O/c1-9-7-10(2)15(6-5-14(3)4)12(16)11(9)8-13/h7H,5-6H2,1-4H3. The molecular formula is C12H17N3O. The van der Waals surface area contributed by atoms with Crippen molar-refractivity contribution in [3.63, 3.8) is 0 Å². The Morgan fingerprint density at radius 1 is 1.44 bits per heavy atom. The van der Waals surface area contributed by atoms with Gasteiger partial charge in [-0.05, 0) is 39.6 Å². The molecule has 4 nitrogen and oxygen atoms in total. The third-order valence-corrected chi connectivity index (χ3v) is 2.59. The molecule has 0 aliphatic carbocycles. The molecule has 4 heteroatoms. The molecular weight excluding hydrogens is 202 g/mol. The van der Waals surface area contributed by atoms with Crippen LogP contribution in [0.1, 0.15) is 16.8 Å². The summed E-state index contributed by atoms with van der Waals surface area (Å²) in [4.78, 5) is 14.0. The molecule has 0 atom stereocenters. The van der Waals surface area contributed by atoms with Gasteiger partial charge in [-0.15, -0.1) is 0 Å². The smallest absolute Gasteiger partial charge is 0.268 e. The Morgan fingerprint density at radius 3 is 2.56 bits per heavy atom. The summed E-state index contributed by atoms with van der Waals surface area (Å²) in [7, 11) is 3.92. The lowest BCUT2D eigenvalue weighted by molar-refractivity contribution is 0.378. The third kappa shape index (κ3) is 2.50. The van der Waals surface area contributed by atoms with Gasteiger partial charge in [-0.25, -0.2) is 0 Å². The molecule has 1 aromatic heterocycles. The zero-order valence-electron chi connectivity index (χ0n) is 10.2. The third-order valence-electron chi connectivity index (χ3n) is 2.59. The molecule has 0 aromatic carbocycles. The minimum absolute atomic E-state index is 0.179. The maximum Gasteiger partial charge on any atom is 0.268 e. The number of aromatic nitrogens is 1. The zero-order valence-corrected chi connectivity index (χ0v) is 10.2. The fraction of sp³-hybridized carbons (Fsp3) is 0.500. The van der Waals surface area contributed by atoms with Gasteiger partial charge < -0.3 is 9.47 Å². The van der Waals surface area contributed by atoms with Crippen molar-refractivity contribution in [1.82, 2.24) is 9.47 Å². The van der Waals surface area contributed by atoms with Crippen molar-refractivity contribution in [2.75, 3.05) is 20.6 Å². The first kappa shape index (κ1) is 12.5. The first-order chi connectivity index (χ1) is 7.47. The van der Waals surface area contributed by atoms with Gasteiger partial charge in [0.15, 0.2) is 0 Å². The first-order valence-electron chi connectivity index (χ1n) is 5.23. The van der Waals surface area contributed by atoms with E-state index < -0.39 is 0 Å². The van der Waals surface area contributed by atoms with Gasteiger partial charge in [-0.3, -0.25) is 4.79 Å². The molecule has 0 fully saturated rings. The van der Waals surface area contributed by atoms with E-state index in [1.54, 1.807) is 11.5 Å². The first-order valence-corrected chi connectivity index (χ1v) is 5.23. The SMILES string of the molecule is Cc1cc(C)n(CCN(C)C)c(=O)c1C#N. The van der Waals surface area contributed by atoms with E-state index in [2.05, 4.69) is 0 Å². The van der Waals surface area contributed by atoms with Crippen molar-refractivity contribution >= 4 is 0 Å². The monoisotopic (exact) mass is 219 g/mol. The van der Waals surface area contributed by atoms with Crippen LogP contribution in [0.2, 0.25) is 0 Å². The van der Waals surface area contributed by atoms with E-state index in [0.717, 1.165) is 17.8 Å². The molecule has 0 aliphatic heterocycles. The number of hydrogen-bond acceptors (Lipinski definition) is 3. The second-order valence-electron chi connectivity index (χ2n) is 4.22. The molecule has 0 unspecified atom stereocenters. The second-order valence-corrected chi connectivity index (χ2v) is 4.22. The molecule has 0 spiro atoms. The number of nitriles is 1. The molecule has 0 bridgehead atoms. The Labute approximate surface area is 95.7 Å². The van der Waals surface area contributed by atoms with Crippen LogP contribution >= 0.6 is 0 Å². The van der Waals surface area contributed by atoms with Crippen LogP contribution in [-0.4, -0.2) is 30.1 Å². The minimum Gasteiger partial charge on any atom is -0.311 e. The summed E-state index contributed by atoms with van der Waals surface area (Å²) in [6, 6.07) is 3.86. The van der Waals surface area contributed by atoms with Gasteiger partial charge in [0, 0.05) is 18.8 Å². The van der Waals surface area contributed by atoms with E-state index in [0.29, 0.717) is 6.54 Å². The molecule has 1 rings (SSSR count). The highest BCUT2D eigenvalue weighted by Crippen LogP contribution is 2.05. The van der Waals surface area contributed by atoms with E-state index >= 15 is 0 Å². The largest absolute Gasteiger partial charge is 0.311 e. The van der Waals surface area contributed by atoms with Crippen molar-refractivity contribution in [3.05, 3.63) is 33.2 Å². The highest BCUT2D eigenvalue weighted by Gasteiger charge is 2.09. The quantitative estimate of drug-likeness (QED) is 0.759. The van der Waals surface area contributed by atoms with Gasteiger partial charge in [-0.2, -0.15) is 5.26 Å². The Hall–Kier alpha value is -1.60. The van der Waals surface area contributed by atoms with Crippen LogP contribution in [0.3, 0.4) is 0 Å². The van der Waals surface area contributed by atoms with Crippen molar-refractivity contribution in [2.24, 2.45) is 0 Å². The van der Waals surface area contributed by atoms with Crippen LogP contribution < -0.4 is 5.56 Å². The Morgan fingerprint density at radius 2 is 2.06 bits per heavy atom. The molecule has 0 saturated carbocycles. The molecule has 0 N–H and O–H groups in total. The van der Waals surface area contributed by atoms with E-state index in [1.807, 2.05) is 38.1 Å². The molecule has 1 heterocycles. The lowest BCUT2D eigenvalue weighted by Gasteiger charge is -2.14. The van der Waals surface area contributed by atoms with Gasteiger partial charge in [0.1, 0.15) is 11.6 Å². The Bertz CT molecular complexity index is 480. The van der Waals surface area contributed by atoms with Crippen molar-refractivity contribution in [2.45, 2.75) is 20.4 Å². The minimum atomic E-state index is -0.179. The lowest BCUT2D eigenvalue weighted by atomic mass is 10.1. The normalized spacial score (nSPS) is 10.5. The van der Waals surface area contributed by atoms with Crippen LogP contribution in [0.15, 0.2) is 10.9 Å². The van der Waals surface area contributed by atoms with Gasteiger partial charge in [0.2, 0.25) is 0 Å². The number of likely N-dealkylation sites (N-methyl/N-ethyl adjacent to an activating group) is 1. The average Bonchev–Trinajstić information content (AvgIpc) is 2.16. The molecule has 16 heavy (non-hydrogen) atoms. The highest BCUT2D eigenvalue weighted by atomic mass is 16.1. The molecule has 0 radical (unpaired) electrons. The van der Waals surface area contributed by atoms with Crippen molar-refractivity contribution in [1.29, 1.82) is 5.26 Å². The summed E-state index contributed by atoms with van der Waals surface area (Å²) in [5.74, 6) is 0. The number of aryl methyl sites for hydroxylation is 2. The number of hydrogen-bond donors (Lipinski definition) is 0. The molecule has 86 valence electrons. The number of rotatable bonds is 3. The predicted octanol–water partition coefficient (Wildman–Crippen LogP) is 0.898. The van der Waals surface area contributed by atoms with Gasteiger partial charge in [0.25, 0.3) is 5.56 Å². The van der Waals surface area contributed by atoms with Gasteiger partial charge in [0.05, 0.1) is 0 Å². The van der Waals surface area contributed by atoms with Gasteiger partial charge in [-0.1, -0.05) is 0 Å². The van der Waals surface area contributed by atoms with Crippen LogP contribution in [0.4, 0.5) is 0 Å². The summed E-state index contributed by atoms with van der Waals surface area (Å²) in [5, 5.41) is 8.92. The van der Waals surface area contributed by atoms with Crippen LogP contribution in [0, 0.1) is 25.2 Å². The molecule has 0 amide bonds. The fourth-order valence-corrected chi connectivity index (χ4v) is 1.64. The second kappa shape index (κ2) is 4.95. The number of nitrogens with zero attached hydrogens (tertiary/aromatic N) is 3. The summed E-state index contributed by atoms with van der Waals surface area (Å²) in [6.45, 7) is 5.09. The summed E-state index contributed by atoms with van der Waals surface area (Å²) < 4.78 is 1.66. The Kier molecular flexibility index (Phi) is 3.86. The fourth-order valence-electron chi connectivity index (χ4n) is 1.64. The van der Waals surface area contributed by atoms with E-state index in [4.69, 9.17) is 5.26 Å². The average molecular weight is 219 g/mol. The van der Waals surface area contributed by atoms with E-state index in [9.17, 15) is 4.79 Å². The van der Waals surface area contributed by atoms with Crippen molar-refractivity contribution in [3.8, 4) is 6.07 Å². The topological polar surface area (TPSA) is 49.0 Å².